The fourth-order valence-corrected chi connectivity index (χ4v) is 2.52. The highest BCUT2D eigenvalue weighted by molar-refractivity contribution is 5.95. The van der Waals surface area contributed by atoms with Gasteiger partial charge in [-0.3, -0.25) is 24.0 Å². The van der Waals surface area contributed by atoms with E-state index in [4.69, 9.17) is 21.1 Å². The molecule has 0 aliphatic carbocycles. The van der Waals surface area contributed by atoms with E-state index in [1.165, 1.54) is 0 Å². The van der Waals surface area contributed by atoms with Gasteiger partial charge in [0.25, 0.3) is 0 Å². The van der Waals surface area contributed by atoms with Crippen LogP contribution < -0.4 is 21.7 Å². The van der Waals surface area contributed by atoms with Crippen molar-refractivity contribution in [3.05, 3.63) is 0 Å². The summed E-state index contributed by atoms with van der Waals surface area (Å²) < 4.78 is 0. The van der Waals surface area contributed by atoms with Gasteiger partial charge in [0.15, 0.2) is 0 Å². The van der Waals surface area contributed by atoms with Gasteiger partial charge in [0.05, 0.1) is 13.0 Å². The van der Waals surface area contributed by atoms with Gasteiger partial charge in [0.1, 0.15) is 24.2 Å². The number of aliphatic hydroxyl groups is 1. The molecule has 3 amide bonds. The van der Waals surface area contributed by atoms with Crippen molar-refractivity contribution in [2.24, 2.45) is 11.7 Å². The van der Waals surface area contributed by atoms with Crippen LogP contribution in [-0.2, 0) is 28.8 Å². The molecule has 0 bridgehead atoms. The van der Waals surface area contributed by atoms with Gasteiger partial charge in [0.2, 0.25) is 17.7 Å². The van der Waals surface area contributed by atoms with E-state index in [1.54, 1.807) is 13.8 Å². The number of hydrogen-bond donors (Lipinski definition) is 8. The molecule has 14 nitrogen and oxygen atoms in total. The van der Waals surface area contributed by atoms with E-state index in [0.717, 1.165) is 0 Å². The molecule has 9 N–H and O–H groups in total. The first kappa shape index (κ1) is 28.7. The Morgan fingerprint density at radius 1 is 0.781 bits per heavy atom. The predicted octanol–water partition coefficient (Wildman–Crippen LogP) is -2.77. The summed E-state index contributed by atoms with van der Waals surface area (Å²) in [7, 11) is 0. The number of aliphatic carboxylic acids is 3. The van der Waals surface area contributed by atoms with E-state index in [0.29, 0.717) is 0 Å². The van der Waals surface area contributed by atoms with Crippen molar-refractivity contribution in [1.29, 1.82) is 0 Å². The Kier molecular flexibility index (Phi) is 12.5. The van der Waals surface area contributed by atoms with Crippen molar-refractivity contribution in [1.82, 2.24) is 16.0 Å². The lowest BCUT2D eigenvalue weighted by molar-refractivity contribution is -0.144. The van der Waals surface area contributed by atoms with Crippen molar-refractivity contribution in [3.63, 3.8) is 0 Å². The fourth-order valence-electron chi connectivity index (χ4n) is 2.52. The Labute approximate surface area is 183 Å². The van der Waals surface area contributed by atoms with Gasteiger partial charge in [-0.15, -0.1) is 0 Å². The standard InChI is InChI=1S/C18H30N4O10/c1-8(2)5-12(18(31)32)22-17(30)11(6-14(26)27)21-16(29)10(3-4-13(24)25)20-15(28)9(19)7-23/h8-12,23H,3-7,19H2,1-2H3,(H,20,28)(H,21,29)(H,22,30)(H,24,25)(H,26,27)(H,31,32). The van der Waals surface area contributed by atoms with Gasteiger partial charge in [-0.1, -0.05) is 13.8 Å². The monoisotopic (exact) mass is 462 g/mol. The zero-order valence-corrected chi connectivity index (χ0v) is 17.7. The molecule has 0 aromatic heterocycles. The summed E-state index contributed by atoms with van der Waals surface area (Å²) >= 11 is 0. The van der Waals surface area contributed by atoms with Gasteiger partial charge in [-0.2, -0.15) is 0 Å². The van der Waals surface area contributed by atoms with Gasteiger partial charge < -0.3 is 42.1 Å². The summed E-state index contributed by atoms with van der Waals surface area (Å²) in [6.07, 6.45) is -1.83. The van der Waals surface area contributed by atoms with Crippen LogP contribution in [0.5, 0.6) is 0 Å². The maximum absolute atomic E-state index is 12.6. The number of carbonyl (C=O) groups excluding carboxylic acids is 3. The van der Waals surface area contributed by atoms with Crippen LogP contribution in [0.2, 0.25) is 0 Å². The van der Waals surface area contributed by atoms with Crippen LogP contribution in [0.3, 0.4) is 0 Å². The average molecular weight is 462 g/mol. The second kappa shape index (κ2) is 13.9. The molecular weight excluding hydrogens is 432 g/mol. The molecule has 0 aromatic carbocycles. The molecule has 0 aromatic rings. The number of carboxylic acids is 3. The quantitative estimate of drug-likeness (QED) is 0.124. The Hall–Kier alpha value is -3.26. The third-order valence-corrected chi connectivity index (χ3v) is 4.15. The molecule has 0 heterocycles. The molecule has 0 rings (SSSR count). The van der Waals surface area contributed by atoms with Crippen LogP contribution in [0.15, 0.2) is 0 Å². The lowest BCUT2D eigenvalue weighted by atomic mass is 10.0. The van der Waals surface area contributed by atoms with E-state index in [9.17, 15) is 33.9 Å². The van der Waals surface area contributed by atoms with Gasteiger partial charge in [0, 0.05) is 6.42 Å². The summed E-state index contributed by atoms with van der Waals surface area (Å²) in [4.78, 5) is 70.3. The molecule has 0 radical (unpaired) electrons. The number of amides is 3. The summed E-state index contributed by atoms with van der Waals surface area (Å²) in [6.45, 7) is 2.67. The molecular formula is C18H30N4O10. The zero-order valence-electron chi connectivity index (χ0n) is 17.7. The topological polar surface area (TPSA) is 245 Å². The second-order valence-corrected chi connectivity index (χ2v) is 7.47. The molecule has 182 valence electrons. The van der Waals surface area contributed by atoms with Crippen molar-refractivity contribution >= 4 is 35.6 Å². The van der Waals surface area contributed by atoms with Crippen molar-refractivity contribution in [2.75, 3.05) is 6.61 Å². The molecule has 4 atom stereocenters. The molecule has 0 aliphatic heterocycles. The number of nitrogens with two attached hydrogens (primary N) is 1. The van der Waals surface area contributed by atoms with Crippen LogP contribution >= 0.6 is 0 Å². The Morgan fingerprint density at radius 3 is 1.72 bits per heavy atom. The van der Waals surface area contributed by atoms with Crippen molar-refractivity contribution < 1.29 is 49.2 Å². The maximum atomic E-state index is 12.6. The van der Waals surface area contributed by atoms with Gasteiger partial charge in [-0.05, 0) is 18.8 Å². The lowest BCUT2D eigenvalue weighted by Gasteiger charge is -2.24. The third kappa shape index (κ3) is 11.2. The van der Waals surface area contributed by atoms with E-state index < -0.39 is 85.7 Å². The lowest BCUT2D eigenvalue weighted by Crippen LogP contribution is -2.57. The maximum Gasteiger partial charge on any atom is 0.326 e. The Bertz CT molecular complexity index is 712. The molecule has 0 saturated carbocycles. The highest BCUT2D eigenvalue weighted by Crippen LogP contribution is 2.07. The smallest absolute Gasteiger partial charge is 0.326 e. The molecule has 0 aliphatic rings. The minimum absolute atomic E-state index is 0.0468. The van der Waals surface area contributed by atoms with Crippen molar-refractivity contribution in [2.45, 2.75) is 63.7 Å². The summed E-state index contributed by atoms with van der Waals surface area (Å²) in [5.74, 6) is -7.37. The van der Waals surface area contributed by atoms with Gasteiger partial charge in [-0.25, -0.2) is 4.79 Å². The van der Waals surface area contributed by atoms with E-state index in [-0.39, 0.29) is 12.3 Å². The molecule has 0 spiro atoms. The first-order valence-corrected chi connectivity index (χ1v) is 9.72. The van der Waals surface area contributed by atoms with Crippen LogP contribution in [0, 0.1) is 5.92 Å². The average Bonchev–Trinajstić information content (AvgIpc) is 2.67. The fraction of sp³-hybridized carbons (Fsp3) is 0.667. The first-order valence-electron chi connectivity index (χ1n) is 9.72. The number of rotatable bonds is 15. The predicted molar refractivity (Wildman–Crippen MR) is 107 cm³/mol. The minimum atomic E-state index is -1.70. The summed E-state index contributed by atoms with van der Waals surface area (Å²) in [6, 6.07) is -5.95. The van der Waals surface area contributed by atoms with E-state index >= 15 is 0 Å². The summed E-state index contributed by atoms with van der Waals surface area (Å²) in [5.41, 5.74) is 5.35. The second-order valence-electron chi connectivity index (χ2n) is 7.47. The third-order valence-electron chi connectivity index (χ3n) is 4.15. The number of nitrogens with one attached hydrogen (secondary N) is 3. The van der Waals surface area contributed by atoms with E-state index in [2.05, 4.69) is 16.0 Å². The molecule has 14 heteroatoms. The molecule has 32 heavy (non-hydrogen) atoms. The highest BCUT2D eigenvalue weighted by atomic mass is 16.4. The van der Waals surface area contributed by atoms with Crippen LogP contribution in [0.25, 0.3) is 0 Å². The Morgan fingerprint density at radius 2 is 1.28 bits per heavy atom. The Balaban J connectivity index is 5.53. The first-order chi connectivity index (χ1) is 14.8. The largest absolute Gasteiger partial charge is 0.481 e. The van der Waals surface area contributed by atoms with Crippen LogP contribution in [-0.4, -0.2) is 86.8 Å². The highest BCUT2D eigenvalue weighted by Gasteiger charge is 2.32. The minimum Gasteiger partial charge on any atom is -0.481 e. The number of hydrogen-bond acceptors (Lipinski definition) is 8. The van der Waals surface area contributed by atoms with Crippen molar-refractivity contribution in [3.8, 4) is 0 Å². The molecule has 0 fully saturated rings. The van der Waals surface area contributed by atoms with Crippen LogP contribution in [0.4, 0.5) is 0 Å². The van der Waals surface area contributed by atoms with E-state index in [1.807, 2.05) is 0 Å². The number of carbonyl (C=O) groups is 6. The normalized spacial score (nSPS) is 14.5. The zero-order chi connectivity index (χ0) is 25.0. The number of carboxylic acid groups (broad SMARTS) is 3. The van der Waals surface area contributed by atoms with Crippen LogP contribution in [0.1, 0.15) is 39.5 Å². The molecule has 0 saturated heterocycles. The summed E-state index contributed by atoms with van der Waals surface area (Å²) in [5, 5.41) is 42.5. The SMILES string of the molecule is CC(C)CC(NC(=O)C(CC(=O)O)NC(=O)C(CCC(=O)O)NC(=O)C(N)CO)C(=O)O. The van der Waals surface area contributed by atoms with Gasteiger partial charge >= 0.3 is 17.9 Å². The molecule has 4 unspecified atom stereocenters. The number of aliphatic hydroxyl groups excluding tert-OH is 1.